The number of nitrogens with zero attached hydrogens (tertiary/aromatic N) is 2. The smallest absolute Gasteiger partial charge is 0.181 e. The maximum atomic E-state index is 13.2. The van der Waals surface area contributed by atoms with Crippen molar-refractivity contribution in [1.29, 1.82) is 5.26 Å². The molecule has 3 atom stereocenters. The first kappa shape index (κ1) is 21.6. The highest BCUT2D eigenvalue weighted by Crippen LogP contribution is 2.32. The van der Waals surface area contributed by atoms with Gasteiger partial charge in [0.15, 0.2) is 5.78 Å². The molecule has 0 amide bonds. The number of piperidine rings is 1. The molecule has 0 bridgehead atoms. The minimum absolute atomic E-state index is 0.0225. The minimum Gasteiger partial charge on any atom is -0.490 e. The third-order valence-corrected chi connectivity index (χ3v) is 6.23. The largest absolute Gasteiger partial charge is 0.490 e. The molecule has 1 saturated heterocycles. The Hall–Kier alpha value is -3.62. The Balaban J connectivity index is 1.54. The SMILES string of the molecule is CC(C(=O)c1ccccc1N)N1CC[C@@H](Oc2ccc(C#N)cc2)[C@@H](c2ccccc2)C1. The van der Waals surface area contributed by atoms with Crippen LogP contribution in [0.25, 0.3) is 0 Å². The fourth-order valence-electron chi connectivity index (χ4n) is 4.36. The topological polar surface area (TPSA) is 79.3 Å². The molecule has 3 aromatic rings. The zero-order valence-corrected chi connectivity index (χ0v) is 18.1. The van der Waals surface area contributed by atoms with Gasteiger partial charge in [-0.25, -0.2) is 0 Å². The molecule has 5 heteroatoms. The number of anilines is 1. The number of ether oxygens (including phenoxy) is 1. The Morgan fingerprint density at radius 2 is 1.75 bits per heavy atom. The van der Waals surface area contributed by atoms with Crippen molar-refractivity contribution < 1.29 is 9.53 Å². The van der Waals surface area contributed by atoms with Gasteiger partial charge < -0.3 is 10.5 Å². The van der Waals surface area contributed by atoms with Crippen molar-refractivity contribution in [2.24, 2.45) is 0 Å². The van der Waals surface area contributed by atoms with E-state index in [4.69, 9.17) is 15.7 Å². The molecule has 0 saturated carbocycles. The second-order valence-corrected chi connectivity index (χ2v) is 8.22. The number of hydrogen-bond acceptors (Lipinski definition) is 5. The van der Waals surface area contributed by atoms with Crippen LogP contribution in [-0.4, -0.2) is 35.9 Å². The Morgan fingerprint density at radius 1 is 1.06 bits per heavy atom. The van der Waals surface area contributed by atoms with Crippen LogP contribution in [0, 0.1) is 11.3 Å². The van der Waals surface area contributed by atoms with Gasteiger partial charge in [-0.1, -0.05) is 42.5 Å². The number of nitrogens with two attached hydrogens (primary N) is 1. The van der Waals surface area contributed by atoms with Crippen molar-refractivity contribution in [1.82, 2.24) is 4.90 Å². The fraction of sp³-hybridized carbons (Fsp3) is 0.259. The summed E-state index contributed by atoms with van der Waals surface area (Å²) in [5, 5.41) is 9.03. The number of likely N-dealkylation sites (tertiary alicyclic amines) is 1. The van der Waals surface area contributed by atoms with E-state index in [2.05, 4.69) is 23.1 Å². The molecule has 0 aliphatic carbocycles. The maximum absolute atomic E-state index is 13.2. The lowest BCUT2D eigenvalue weighted by molar-refractivity contribution is 0.0510. The number of ketones is 1. The van der Waals surface area contributed by atoms with E-state index in [-0.39, 0.29) is 23.8 Å². The summed E-state index contributed by atoms with van der Waals surface area (Å²) in [6.07, 6.45) is 0.771. The van der Waals surface area contributed by atoms with Gasteiger partial charge in [-0.15, -0.1) is 0 Å². The van der Waals surface area contributed by atoms with Crippen LogP contribution in [-0.2, 0) is 0 Å². The molecule has 4 rings (SSSR count). The zero-order chi connectivity index (χ0) is 22.5. The molecule has 0 radical (unpaired) electrons. The Morgan fingerprint density at radius 3 is 2.44 bits per heavy atom. The molecule has 1 heterocycles. The van der Waals surface area contributed by atoms with Crippen LogP contribution < -0.4 is 10.5 Å². The number of para-hydroxylation sites is 1. The van der Waals surface area contributed by atoms with E-state index in [1.54, 1.807) is 24.3 Å². The van der Waals surface area contributed by atoms with Gasteiger partial charge in [0.2, 0.25) is 0 Å². The van der Waals surface area contributed by atoms with E-state index in [1.807, 2.05) is 49.4 Å². The number of Topliss-reactive ketones (excluding diaryl/α,β-unsaturated/α-hetero) is 1. The number of rotatable bonds is 6. The highest BCUT2D eigenvalue weighted by molar-refractivity contribution is 6.03. The highest BCUT2D eigenvalue weighted by atomic mass is 16.5. The van der Waals surface area contributed by atoms with Crippen molar-refractivity contribution in [2.75, 3.05) is 18.8 Å². The first-order chi connectivity index (χ1) is 15.6. The molecule has 162 valence electrons. The summed E-state index contributed by atoms with van der Waals surface area (Å²) in [4.78, 5) is 15.4. The highest BCUT2D eigenvalue weighted by Gasteiger charge is 2.36. The summed E-state index contributed by atoms with van der Waals surface area (Å²) >= 11 is 0. The van der Waals surface area contributed by atoms with Gasteiger partial charge in [0, 0.05) is 30.3 Å². The van der Waals surface area contributed by atoms with Crippen molar-refractivity contribution in [2.45, 2.75) is 31.4 Å². The third-order valence-electron chi connectivity index (χ3n) is 6.23. The lowest BCUT2D eigenvalue weighted by Gasteiger charge is -2.41. The molecule has 32 heavy (non-hydrogen) atoms. The van der Waals surface area contributed by atoms with Gasteiger partial charge >= 0.3 is 0 Å². The van der Waals surface area contributed by atoms with Gasteiger partial charge in [0.1, 0.15) is 11.9 Å². The monoisotopic (exact) mass is 425 g/mol. The minimum atomic E-state index is -0.276. The summed E-state index contributed by atoms with van der Waals surface area (Å²) in [7, 11) is 0. The first-order valence-electron chi connectivity index (χ1n) is 10.9. The molecule has 2 N–H and O–H groups in total. The summed E-state index contributed by atoms with van der Waals surface area (Å²) in [6.45, 7) is 3.42. The van der Waals surface area contributed by atoms with E-state index in [1.165, 1.54) is 5.56 Å². The van der Waals surface area contributed by atoms with Gasteiger partial charge in [-0.05, 0) is 55.3 Å². The van der Waals surface area contributed by atoms with E-state index >= 15 is 0 Å². The molecule has 1 unspecified atom stereocenters. The summed E-state index contributed by atoms with van der Waals surface area (Å²) in [5.41, 5.74) is 8.95. The number of hydrogen-bond donors (Lipinski definition) is 1. The summed E-state index contributed by atoms with van der Waals surface area (Å²) in [6, 6.07) is 26.6. The van der Waals surface area contributed by atoms with Crippen LogP contribution in [0.5, 0.6) is 5.75 Å². The van der Waals surface area contributed by atoms with Crippen LogP contribution in [0.2, 0.25) is 0 Å². The lowest BCUT2D eigenvalue weighted by Crippen LogP contribution is -2.50. The molecule has 1 fully saturated rings. The quantitative estimate of drug-likeness (QED) is 0.459. The maximum Gasteiger partial charge on any atom is 0.181 e. The summed E-state index contributed by atoms with van der Waals surface area (Å²) < 4.78 is 6.37. The van der Waals surface area contributed by atoms with E-state index in [0.717, 1.165) is 18.7 Å². The normalized spacial score (nSPS) is 19.6. The fourth-order valence-corrected chi connectivity index (χ4v) is 4.36. The third kappa shape index (κ3) is 4.66. The molecular weight excluding hydrogens is 398 g/mol. The van der Waals surface area contributed by atoms with Gasteiger partial charge in [0.25, 0.3) is 0 Å². The van der Waals surface area contributed by atoms with Crippen molar-refractivity contribution in [3.05, 3.63) is 95.6 Å². The molecule has 1 aliphatic heterocycles. The Labute approximate surface area is 189 Å². The predicted octanol–water partition coefficient (Wildman–Crippen LogP) is 4.65. The lowest BCUT2D eigenvalue weighted by atomic mass is 9.86. The second-order valence-electron chi connectivity index (χ2n) is 8.22. The summed E-state index contributed by atoms with van der Waals surface area (Å²) in [5.74, 6) is 0.912. The number of carbonyl (C=O) groups is 1. The number of nitriles is 1. The second kappa shape index (κ2) is 9.67. The molecular formula is C27H27N3O2. The van der Waals surface area contributed by atoms with Crippen molar-refractivity contribution in [3.8, 4) is 11.8 Å². The van der Waals surface area contributed by atoms with Crippen molar-refractivity contribution >= 4 is 11.5 Å². The zero-order valence-electron chi connectivity index (χ0n) is 18.1. The predicted molar refractivity (Wildman–Crippen MR) is 126 cm³/mol. The standard InChI is InChI=1S/C27H27N3O2/c1-19(27(31)23-9-5-6-10-25(23)29)30-16-15-26(24(18-30)21-7-3-2-4-8-21)32-22-13-11-20(17-28)12-14-22/h2-14,19,24,26H,15-16,18,29H2,1H3/t19?,24-,26-/m1/s1. The average Bonchev–Trinajstić information content (AvgIpc) is 2.85. The Kier molecular flexibility index (Phi) is 6.53. The van der Waals surface area contributed by atoms with E-state index in [9.17, 15) is 4.79 Å². The van der Waals surface area contributed by atoms with E-state index < -0.39 is 0 Å². The van der Waals surface area contributed by atoms with Crippen LogP contribution in [0.4, 0.5) is 5.69 Å². The van der Waals surface area contributed by atoms with E-state index in [0.29, 0.717) is 23.4 Å². The Bertz CT molecular complexity index is 1110. The molecule has 0 aromatic heterocycles. The molecule has 5 nitrogen and oxygen atoms in total. The van der Waals surface area contributed by atoms with Crippen LogP contribution >= 0.6 is 0 Å². The van der Waals surface area contributed by atoms with Gasteiger partial charge in [-0.3, -0.25) is 9.69 Å². The van der Waals surface area contributed by atoms with Crippen LogP contribution in [0.3, 0.4) is 0 Å². The first-order valence-corrected chi connectivity index (χ1v) is 10.9. The van der Waals surface area contributed by atoms with Crippen LogP contribution in [0.15, 0.2) is 78.9 Å². The van der Waals surface area contributed by atoms with Gasteiger partial charge in [-0.2, -0.15) is 5.26 Å². The number of carbonyl (C=O) groups excluding carboxylic acids is 1. The number of nitrogen functional groups attached to an aromatic ring is 1. The molecule has 3 aromatic carbocycles. The average molecular weight is 426 g/mol. The van der Waals surface area contributed by atoms with Gasteiger partial charge in [0.05, 0.1) is 17.7 Å². The van der Waals surface area contributed by atoms with Crippen LogP contribution in [0.1, 0.15) is 40.7 Å². The molecule has 1 aliphatic rings. The molecule has 0 spiro atoms. The van der Waals surface area contributed by atoms with Crippen molar-refractivity contribution in [3.63, 3.8) is 0 Å². The number of benzene rings is 3.